The Morgan fingerprint density at radius 3 is 2.57 bits per heavy atom. The van der Waals surface area contributed by atoms with E-state index in [0.29, 0.717) is 0 Å². The molecule has 0 fully saturated rings. The molecule has 0 aliphatic rings. The maximum atomic E-state index is 5.53. The van der Waals surface area contributed by atoms with Gasteiger partial charge in [-0.2, -0.15) is 5.10 Å². The van der Waals surface area contributed by atoms with Gasteiger partial charge in [0.2, 0.25) is 0 Å². The zero-order valence-corrected chi connectivity index (χ0v) is 16.3. The number of aromatic nitrogens is 2. The third-order valence-electron chi connectivity index (χ3n) is 4.03. The molecule has 2 rings (SSSR count). The van der Waals surface area contributed by atoms with Crippen molar-refractivity contribution in [2.24, 2.45) is 0 Å². The van der Waals surface area contributed by atoms with E-state index in [0.717, 1.165) is 47.5 Å². The van der Waals surface area contributed by atoms with Gasteiger partial charge < -0.3 is 9.64 Å². The van der Waals surface area contributed by atoms with Crippen molar-refractivity contribution in [3.63, 3.8) is 0 Å². The van der Waals surface area contributed by atoms with Crippen LogP contribution in [0, 0.1) is 13.8 Å². The second kappa shape index (κ2) is 7.97. The van der Waals surface area contributed by atoms with E-state index >= 15 is 0 Å². The highest BCUT2D eigenvalue weighted by molar-refractivity contribution is 9.10. The van der Waals surface area contributed by atoms with Crippen molar-refractivity contribution in [3.8, 4) is 5.75 Å². The van der Waals surface area contributed by atoms with Gasteiger partial charge in [0.25, 0.3) is 0 Å². The topological polar surface area (TPSA) is 30.3 Å². The van der Waals surface area contributed by atoms with Crippen molar-refractivity contribution in [1.82, 2.24) is 14.7 Å². The highest BCUT2D eigenvalue weighted by Crippen LogP contribution is 2.25. The molecule has 23 heavy (non-hydrogen) atoms. The van der Waals surface area contributed by atoms with Gasteiger partial charge in [0, 0.05) is 5.56 Å². The predicted octanol–water partition coefficient (Wildman–Crippen LogP) is 3.81. The number of methoxy groups -OCH3 is 1. The van der Waals surface area contributed by atoms with Gasteiger partial charge in [-0.1, -0.05) is 12.1 Å². The predicted molar refractivity (Wildman–Crippen MR) is 98.4 cm³/mol. The summed E-state index contributed by atoms with van der Waals surface area (Å²) in [6.07, 6.45) is 2.24. The van der Waals surface area contributed by atoms with Crippen molar-refractivity contribution < 1.29 is 4.74 Å². The summed E-state index contributed by atoms with van der Waals surface area (Å²) in [5.41, 5.74) is 4.68. The van der Waals surface area contributed by atoms with Crippen LogP contribution in [0.5, 0.6) is 5.75 Å². The summed E-state index contributed by atoms with van der Waals surface area (Å²) in [5, 5.41) is 4.60. The molecular weight excluding hydrogens is 354 g/mol. The summed E-state index contributed by atoms with van der Waals surface area (Å²) < 4.78 is 8.64. The number of rotatable bonds is 7. The van der Waals surface area contributed by atoms with Crippen molar-refractivity contribution in [2.75, 3.05) is 27.7 Å². The Hall–Kier alpha value is -1.33. The molecule has 0 spiro atoms. The van der Waals surface area contributed by atoms with Crippen LogP contribution in [0.4, 0.5) is 0 Å². The molecular formula is C18H26BrN3O. The van der Waals surface area contributed by atoms with Crippen molar-refractivity contribution >= 4 is 15.9 Å². The van der Waals surface area contributed by atoms with E-state index in [1.165, 1.54) is 11.1 Å². The number of hydrogen-bond donors (Lipinski definition) is 0. The third-order valence-corrected chi connectivity index (χ3v) is 5.18. The maximum absolute atomic E-state index is 5.53. The molecule has 0 saturated heterocycles. The van der Waals surface area contributed by atoms with Crippen LogP contribution in [0.25, 0.3) is 0 Å². The Kier molecular flexibility index (Phi) is 6.25. The van der Waals surface area contributed by atoms with Crippen LogP contribution in [-0.4, -0.2) is 42.4 Å². The van der Waals surface area contributed by atoms with Crippen molar-refractivity contribution in [2.45, 2.75) is 33.2 Å². The average molecular weight is 380 g/mol. The van der Waals surface area contributed by atoms with Gasteiger partial charge in [-0.15, -0.1) is 0 Å². The van der Waals surface area contributed by atoms with Crippen LogP contribution in [-0.2, 0) is 13.0 Å². The minimum Gasteiger partial charge on any atom is -0.496 e. The molecule has 1 aromatic heterocycles. The van der Waals surface area contributed by atoms with Gasteiger partial charge in [0.05, 0.1) is 29.5 Å². The summed E-state index contributed by atoms with van der Waals surface area (Å²) in [6.45, 7) is 5.93. The molecule has 1 aromatic carbocycles. The molecule has 0 N–H and O–H groups in total. The monoisotopic (exact) mass is 379 g/mol. The van der Waals surface area contributed by atoms with Gasteiger partial charge in [-0.25, -0.2) is 0 Å². The van der Waals surface area contributed by atoms with Crippen LogP contribution < -0.4 is 4.74 Å². The van der Waals surface area contributed by atoms with E-state index in [1.807, 2.05) is 11.6 Å². The molecule has 0 saturated carbocycles. The quantitative estimate of drug-likeness (QED) is 0.732. The fourth-order valence-electron chi connectivity index (χ4n) is 2.70. The number of halogens is 1. The second-order valence-corrected chi connectivity index (χ2v) is 6.99. The number of benzene rings is 1. The minimum absolute atomic E-state index is 0.725. The summed E-state index contributed by atoms with van der Waals surface area (Å²) in [7, 11) is 5.95. The van der Waals surface area contributed by atoms with Crippen LogP contribution >= 0.6 is 15.9 Å². The first kappa shape index (κ1) is 18.0. The third kappa shape index (κ3) is 4.58. The summed E-state index contributed by atoms with van der Waals surface area (Å²) in [4.78, 5) is 2.22. The number of hydrogen-bond acceptors (Lipinski definition) is 3. The SMILES string of the molecule is COc1ccc(CCCN(C)C)cc1Cn1nc(C)c(Br)c1C. The van der Waals surface area contributed by atoms with Crippen LogP contribution in [0.3, 0.4) is 0 Å². The van der Waals surface area contributed by atoms with Crippen molar-refractivity contribution in [1.29, 1.82) is 0 Å². The van der Waals surface area contributed by atoms with Gasteiger partial charge in [-0.3, -0.25) is 4.68 Å². The lowest BCUT2D eigenvalue weighted by molar-refractivity contribution is 0.399. The van der Waals surface area contributed by atoms with E-state index in [-0.39, 0.29) is 0 Å². The van der Waals surface area contributed by atoms with E-state index in [9.17, 15) is 0 Å². The number of nitrogens with zero attached hydrogens (tertiary/aromatic N) is 3. The molecule has 0 aliphatic carbocycles. The number of aryl methyl sites for hydroxylation is 2. The molecule has 0 atom stereocenters. The lowest BCUT2D eigenvalue weighted by Gasteiger charge is -2.13. The first-order chi connectivity index (χ1) is 10.9. The Balaban J connectivity index is 2.20. The van der Waals surface area contributed by atoms with Crippen LogP contribution in [0.2, 0.25) is 0 Å². The molecule has 0 aliphatic heterocycles. The number of ether oxygens (including phenoxy) is 1. The highest BCUT2D eigenvalue weighted by atomic mass is 79.9. The molecule has 4 nitrogen and oxygen atoms in total. The molecule has 0 bridgehead atoms. The maximum Gasteiger partial charge on any atom is 0.123 e. The average Bonchev–Trinajstić information content (AvgIpc) is 2.74. The van der Waals surface area contributed by atoms with E-state index in [2.05, 4.69) is 65.1 Å². The molecule has 0 radical (unpaired) electrons. The highest BCUT2D eigenvalue weighted by Gasteiger charge is 2.12. The molecule has 0 amide bonds. The Bertz CT molecular complexity index is 665. The summed E-state index contributed by atoms with van der Waals surface area (Å²) in [5.74, 6) is 0.921. The second-order valence-electron chi connectivity index (χ2n) is 6.20. The van der Waals surface area contributed by atoms with Gasteiger partial charge in [0.15, 0.2) is 0 Å². The molecule has 126 valence electrons. The lowest BCUT2D eigenvalue weighted by atomic mass is 10.1. The Labute approximate surface area is 147 Å². The lowest BCUT2D eigenvalue weighted by Crippen LogP contribution is -2.13. The van der Waals surface area contributed by atoms with Gasteiger partial charge >= 0.3 is 0 Å². The molecule has 0 unspecified atom stereocenters. The minimum atomic E-state index is 0.725. The van der Waals surface area contributed by atoms with Crippen LogP contribution in [0.15, 0.2) is 22.7 Å². The standard InChI is InChI=1S/C18H26BrN3O/c1-13-18(19)14(2)22(20-13)12-16-11-15(7-6-10-21(3)4)8-9-17(16)23-5/h8-9,11H,6-7,10,12H2,1-5H3. The fourth-order valence-corrected chi connectivity index (χ4v) is 2.98. The fraction of sp³-hybridized carbons (Fsp3) is 0.500. The first-order valence-electron chi connectivity index (χ1n) is 7.92. The Morgan fingerprint density at radius 1 is 1.26 bits per heavy atom. The zero-order chi connectivity index (χ0) is 17.0. The smallest absolute Gasteiger partial charge is 0.123 e. The molecule has 5 heteroatoms. The van der Waals surface area contributed by atoms with E-state index in [4.69, 9.17) is 4.74 Å². The largest absolute Gasteiger partial charge is 0.496 e. The summed E-state index contributed by atoms with van der Waals surface area (Å²) in [6, 6.07) is 6.48. The van der Waals surface area contributed by atoms with Crippen molar-refractivity contribution in [3.05, 3.63) is 45.2 Å². The van der Waals surface area contributed by atoms with Gasteiger partial charge in [0.1, 0.15) is 5.75 Å². The molecule has 1 heterocycles. The normalized spacial score (nSPS) is 11.3. The van der Waals surface area contributed by atoms with Crippen LogP contribution in [0.1, 0.15) is 28.9 Å². The van der Waals surface area contributed by atoms with E-state index < -0.39 is 0 Å². The Morgan fingerprint density at radius 2 is 2.00 bits per heavy atom. The zero-order valence-electron chi connectivity index (χ0n) is 14.7. The van der Waals surface area contributed by atoms with Gasteiger partial charge in [-0.05, 0) is 74.9 Å². The molecule has 2 aromatic rings. The van der Waals surface area contributed by atoms with E-state index in [1.54, 1.807) is 7.11 Å². The first-order valence-corrected chi connectivity index (χ1v) is 8.71. The summed E-state index contributed by atoms with van der Waals surface area (Å²) >= 11 is 3.59.